The standard InChI is InChI=1S/C29H35N3O4S/c1-21-13-14-27(36-4)28(19-21)37(34,35)30-25(20-24-10-6-5-7-11-24)29(33)32-17-15-31(16-18-32)26-12-8-9-22(2)23(26)3/h5-14,19,25,30H,15-18,20H2,1-4H3. The molecule has 37 heavy (non-hydrogen) atoms. The van der Waals surface area contributed by atoms with Crippen molar-refractivity contribution in [3.8, 4) is 5.75 Å². The van der Waals surface area contributed by atoms with Gasteiger partial charge in [-0.3, -0.25) is 4.79 Å². The number of sulfonamides is 1. The lowest BCUT2D eigenvalue weighted by atomic mass is 10.0. The number of piperazine rings is 1. The highest BCUT2D eigenvalue weighted by atomic mass is 32.2. The fourth-order valence-corrected chi connectivity index (χ4v) is 6.18. The summed E-state index contributed by atoms with van der Waals surface area (Å²) in [7, 11) is -2.59. The second-order valence-electron chi connectivity index (χ2n) is 9.55. The van der Waals surface area contributed by atoms with E-state index in [1.54, 1.807) is 23.1 Å². The minimum absolute atomic E-state index is 0.0283. The first-order valence-electron chi connectivity index (χ1n) is 12.5. The first-order chi connectivity index (χ1) is 17.7. The summed E-state index contributed by atoms with van der Waals surface area (Å²) in [5, 5.41) is 0. The van der Waals surface area contributed by atoms with E-state index >= 15 is 0 Å². The lowest BCUT2D eigenvalue weighted by Crippen LogP contribution is -2.55. The summed E-state index contributed by atoms with van der Waals surface area (Å²) >= 11 is 0. The van der Waals surface area contributed by atoms with Gasteiger partial charge in [-0.1, -0.05) is 48.5 Å². The van der Waals surface area contributed by atoms with Gasteiger partial charge in [0.15, 0.2) is 0 Å². The van der Waals surface area contributed by atoms with Crippen LogP contribution in [0.2, 0.25) is 0 Å². The van der Waals surface area contributed by atoms with Crippen molar-refractivity contribution >= 4 is 21.6 Å². The number of anilines is 1. The van der Waals surface area contributed by atoms with Gasteiger partial charge in [-0.2, -0.15) is 4.72 Å². The lowest BCUT2D eigenvalue weighted by Gasteiger charge is -2.38. The Morgan fingerprint density at radius 3 is 2.32 bits per heavy atom. The van der Waals surface area contributed by atoms with Gasteiger partial charge in [-0.05, 0) is 67.6 Å². The number of hydrogen-bond acceptors (Lipinski definition) is 5. The maximum Gasteiger partial charge on any atom is 0.244 e. The highest BCUT2D eigenvalue weighted by Crippen LogP contribution is 2.26. The predicted molar refractivity (Wildman–Crippen MR) is 147 cm³/mol. The van der Waals surface area contributed by atoms with E-state index in [9.17, 15) is 13.2 Å². The normalized spacial score (nSPS) is 14.9. The zero-order valence-corrected chi connectivity index (χ0v) is 22.7. The van der Waals surface area contributed by atoms with E-state index < -0.39 is 16.1 Å². The fraction of sp³-hybridized carbons (Fsp3) is 0.345. The summed E-state index contributed by atoms with van der Waals surface area (Å²) in [6, 6.07) is 19.8. The lowest BCUT2D eigenvalue weighted by molar-refractivity contribution is -0.133. The molecule has 0 radical (unpaired) electrons. The third-order valence-electron chi connectivity index (χ3n) is 6.99. The van der Waals surface area contributed by atoms with Gasteiger partial charge in [-0.15, -0.1) is 0 Å². The molecule has 7 nitrogen and oxygen atoms in total. The van der Waals surface area contributed by atoms with Crippen LogP contribution in [0.5, 0.6) is 5.75 Å². The first-order valence-corrected chi connectivity index (χ1v) is 14.0. The largest absolute Gasteiger partial charge is 0.495 e. The second-order valence-corrected chi connectivity index (χ2v) is 11.2. The van der Waals surface area contributed by atoms with Crippen LogP contribution in [0.4, 0.5) is 5.69 Å². The van der Waals surface area contributed by atoms with Gasteiger partial charge >= 0.3 is 0 Å². The Balaban J connectivity index is 1.56. The monoisotopic (exact) mass is 521 g/mol. The van der Waals surface area contributed by atoms with Crippen LogP contribution in [0.25, 0.3) is 0 Å². The van der Waals surface area contributed by atoms with Gasteiger partial charge < -0.3 is 14.5 Å². The molecule has 1 atom stereocenters. The number of amides is 1. The number of ether oxygens (including phenoxy) is 1. The number of nitrogens with zero attached hydrogens (tertiary/aromatic N) is 2. The molecule has 1 amide bonds. The Morgan fingerprint density at radius 2 is 1.65 bits per heavy atom. The predicted octanol–water partition coefficient (Wildman–Crippen LogP) is 3.86. The summed E-state index contributed by atoms with van der Waals surface area (Å²) in [5.74, 6) is 0.0193. The number of benzene rings is 3. The van der Waals surface area contributed by atoms with Crippen LogP contribution in [0, 0.1) is 20.8 Å². The zero-order chi connectivity index (χ0) is 26.6. The van der Waals surface area contributed by atoms with Crippen LogP contribution in [0.1, 0.15) is 22.3 Å². The molecule has 8 heteroatoms. The minimum atomic E-state index is -4.03. The van der Waals surface area contributed by atoms with Gasteiger partial charge in [-0.25, -0.2) is 8.42 Å². The molecule has 0 saturated carbocycles. The van der Waals surface area contributed by atoms with Crippen molar-refractivity contribution in [3.05, 3.63) is 89.0 Å². The molecule has 3 aromatic rings. The Morgan fingerprint density at radius 1 is 0.946 bits per heavy atom. The SMILES string of the molecule is COc1ccc(C)cc1S(=O)(=O)NC(Cc1ccccc1)C(=O)N1CCN(c2cccc(C)c2C)CC1. The van der Waals surface area contributed by atoms with Crippen molar-refractivity contribution in [2.75, 3.05) is 38.2 Å². The van der Waals surface area contributed by atoms with E-state index in [1.165, 1.54) is 23.9 Å². The topological polar surface area (TPSA) is 78.9 Å². The molecule has 1 saturated heterocycles. The van der Waals surface area contributed by atoms with Gasteiger partial charge in [0.2, 0.25) is 15.9 Å². The summed E-state index contributed by atoms with van der Waals surface area (Å²) in [5.41, 5.74) is 5.33. The third kappa shape index (κ3) is 6.14. The Labute approximate surface area is 220 Å². The molecule has 0 bridgehead atoms. The van der Waals surface area contributed by atoms with Crippen LogP contribution in [0.15, 0.2) is 71.6 Å². The molecule has 0 aliphatic carbocycles. The molecule has 196 valence electrons. The van der Waals surface area contributed by atoms with Crippen molar-refractivity contribution in [3.63, 3.8) is 0 Å². The van der Waals surface area contributed by atoms with Crippen LogP contribution in [0.3, 0.4) is 0 Å². The molecule has 1 heterocycles. The van der Waals surface area contributed by atoms with E-state index in [-0.39, 0.29) is 23.0 Å². The van der Waals surface area contributed by atoms with Gasteiger partial charge in [0.25, 0.3) is 0 Å². The van der Waals surface area contributed by atoms with Crippen molar-refractivity contribution in [2.24, 2.45) is 0 Å². The van der Waals surface area contributed by atoms with Crippen LogP contribution >= 0.6 is 0 Å². The molecular weight excluding hydrogens is 486 g/mol. The Bertz CT molecular complexity index is 1350. The fourth-order valence-electron chi connectivity index (χ4n) is 4.74. The van der Waals surface area contributed by atoms with E-state index in [4.69, 9.17) is 4.74 Å². The van der Waals surface area contributed by atoms with Crippen molar-refractivity contribution < 1.29 is 17.9 Å². The summed E-state index contributed by atoms with van der Waals surface area (Å²) in [6.45, 7) is 8.45. The minimum Gasteiger partial charge on any atom is -0.495 e. The second kappa shape index (κ2) is 11.4. The molecule has 0 spiro atoms. The van der Waals surface area contributed by atoms with Crippen LogP contribution in [-0.4, -0.2) is 58.6 Å². The van der Waals surface area contributed by atoms with E-state index in [1.807, 2.05) is 37.3 Å². The van der Waals surface area contributed by atoms with Crippen LogP contribution in [-0.2, 0) is 21.2 Å². The molecule has 1 N–H and O–H groups in total. The molecule has 0 aromatic heterocycles. The third-order valence-corrected chi connectivity index (χ3v) is 8.49. The zero-order valence-electron chi connectivity index (χ0n) is 21.9. The quantitative estimate of drug-likeness (QED) is 0.487. The number of rotatable bonds is 8. The number of aryl methyl sites for hydroxylation is 2. The molecule has 3 aromatic carbocycles. The smallest absolute Gasteiger partial charge is 0.244 e. The van der Waals surface area contributed by atoms with Gasteiger partial charge in [0.1, 0.15) is 16.7 Å². The molecule has 1 fully saturated rings. The highest BCUT2D eigenvalue weighted by Gasteiger charge is 2.32. The summed E-state index contributed by atoms with van der Waals surface area (Å²) < 4.78 is 35.0. The number of hydrogen-bond donors (Lipinski definition) is 1. The van der Waals surface area contributed by atoms with Crippen molar-refractivity contribution in [2.45, 2.75) is 38.1 Å². The molecule has 1 aliphatic rings. The Kier molecular flexibility index (Phi) is 8.19. The Hall–Kier alpha value is -3.36. The highest BCUT2D eigenvalue weighted by molar-refractivity contribution is 7.89. The molecular formula is C29H35N3O4S. The van der Waals surface area contributed by atoms with E-state index in [0.717, 1.165) is 11.1 Å². The molecule has 1 aliphatic heterocycles. The van der Waals surface area contributed by atoms with Crippen molar-refractivity contribution in [1.29, 1.82) is 0 Å². The maximum absolute atomic E-state index is 13.7. The van der Waals surface area contributed by atoms with E-state index in [0.29, 0.717) is 26.2 Å². The summed E-state index contributed by atoms with van der Waals surface area (Å²) in [4.78, 5) is 17.8. The van der Waals surface area contributed by atoms with Gasteiger partial charge in [0.05, 0.1) is 7.11 Å². The molecule has 1 unspecified atom stereocenters. The molecule has 4 rings (SSSR count). The number of nitrogens with one attached hydrogen (secondary N) is 1. The van der Waals surface area contributed by atoms with Gasteiger partial charge in [0, 0.05) is 31.9 Å². The average molecular weight is 522 g/mol. The van der Waals surface area contributed by atoms with Crippen molar-refractivity contribution in [1.82, 2.24) is 9.62 Å². The average Bonchev–Trinajstić information content (AvgIpc) is 2.90. The maximum atomic E-state index is 13.7. The first kappa shape index (κ1) is 26.7. The number of carbonyl (C=O) groups excluding carboxylic acids is 1. The number of carbonyl (C=O) groups is 1. The van der Waals surface area contributed by atoms with Crippen LogP contribution < -0.4 is 14.4 Å². The van der Waals surface area contributed by atoms with E-state index in [2.05, 4.69) is 41.7 Å². The summed E-state index contributed by atoms with van der Waals surface area (Å²) in [6.07, 6.45) is 0.254. The number of methoxy groups -OCH3 is 1.